The largest absolute Gasteiger partial charge is 0.504 e. The lowest BCUT2D eigenvalue weighted by atomic mass is 10.2. The number of aromatic hydroxyl groups is 1. The molecule has 0 atom stereocenters. The summed E-state index contributed by atoms with van der Waals surface area (Å²) in [6, 6.07) is 15.6. The van der Waals surface area contributed by atoms with Crippen LogP contribution in [0.3, 0.4) is 0 Å². The van der Waals surface area contributed by atoms with Gasteiger partial charge in [-0.2, -0.15) is 0 Å². The molecule has 0 fully saturated rings. The molecule has 0 unspecified atom stereocenters. The molecule has 0 aliphatic heterocycles. The summed E-state index contributed by atoms with van der Waals surface area (Å²) in [7, 11) is 3.16. The second-order valence-electron chi connectivity index (χ2n) is 5.81. The van der Waals surface area contributed by atoms with Crippen LogP contribution in [0.4, 0.5) is 0 Å². The van der Waals surface area contributed by atoms with Gasteiger partial charge in [-0.05, 0) is 42.0 Å². The number of rotatable bonds is 5. The molecule has 134 valence electrons. The third kappa shape index (κ3) is 3.68. The van der Waals surface area contributed by atoms with Crippen LogP contribution >= 0.6 is 11.6 Å². The summed E-state index contributed by atoms with van der Waals surface area (Å²) in [6.45, 7) is 0.345. The first-order valence-corrected chi connectivity index (χ1v) is 8.33. The molecule has 0 aliphatic rings. The number of amides is 1. The minimum Gasteiger partial charge on any atom is -0.504 e. The Morgan fingerprint density at radius 2 is 1.96 bits per heavy atom. The van der Waals surface area contributed by atoms with Crippen molar-refractivity contribution in [2.45, 2.75) is 6.54 Å². The molecule has 5 nitrogen and oxygen atoms in total. The zero-order valence-corrected chi connectivity index (χ0v) is 15.2. The molecular weight excluding hydrogens is 354 g/mol. The van der Waals surface area contributed by atoms with Gasteiger partial charge in [0.15, 0.2) is 17.3 Å². The van der Waals surface area contributed by atoms with Gasteiger partial charge in [0.1, 0.15) is 5.76 Å². The van der Waals surface area contributed by atoms with E-state index >= 15 is 0 Å². The molecule has 3 aromatic rings. The van der Waals surface area contributed by atoms with E-state index in [4.69, 9.17) is 20.8 Å². The number of benzene rings is 2. The Morgan fingerprint density at radius 1 is 1.19 bits per heavy atom. The first kappa shape index (κ1) is 17.9. The van der Waals surface area contributed by atoms with Gasteiger partial charge in [-0.3, -0.25) is 4.79 Å². The molecule has 1 N–H and O–H groups in total. The fourth-order valence-corrected chi connectivity index (χ4v) is 2.84. The third-order valence-corrected chi connectivity index (χ3v) is 4.30. The monoisotopic (exact) mass is 371 g/mol. The molecular formula is C20H18ClNO4. The van der Waals surface area contributed by atoms with Crippen molar-refractivity contribution in [3.63, 3.8) is 0 Å². The Hall–Kier alpha value is -2.92. The topological polar surface area (TPSA) is 62.9 Å². The normalized spacial score (nSPS) is 10.6. The number of carbonyl (C=O) groups excluding carboxylic acids is 1. The highest BCUT2D eigenvalue weighted by Crippen LogP contribution is 2.30. The highest BCUT2D eigenvalue weighted by molar-refractivity contribution is 6.33. The second kappa shape index (κ2) is 7.54. The minimum atomic E-state index is -0.254. The molecule has 0 radical (unpaired) electrons. The van der Waals surface area contributed by atoms with E-state index in [1.807, 2.05) is 18.2 Å². The number of methoxy groups -OCH3 is 1. The van der Waals surface area contributed by atoms with E-state index in [1.165, 1.54) is 18.1 Å². The summed E-state index contributed by atoms with van der Waals surface area (Å²) in [5, 5.41) is 10.2. The van der Waals surface area contributed by atoms with Crippen LogP contribution < -0.4 is 4.74 Å². The lowest BCUT2D eigenvalue weighted by Gasteiger charge is -2.16. The maximum absolute atomic E-state index is 12.6. The average Bonchev–Trinajstić information content (AvgIpc) is 3.12. The van der Waals surface area contributed by atoms with Crippen LogP contribution in [0.2, 0.25) is 5.02 Å². The van der Waals surface area contributed by atoms with Crippen LogP contribution in [0.1, 0.15) is 16.1 Å². The lowest BCUT2D eigenvalue weighted by molar-refractivity contribution is 0.0754. The van der Waals surface area contributed by atoms with Crippen LogP contribution in [0.5, 0.6) is 11.5 Å². The number of nitrogens with zero attached hydrogens (tertiary/aromatic N) is 1. The second-order valence-corrected chi connectivity index (χ2v) is 6.22. The summed E-state index contributed by atoms with van der Waals surface area (Å²) in [6.07, 6.45) is 0. The summed E-state index contributed by atoms with van der Waals surface area (Å²) in [5.74, 6) is 0.935. The van der Waals surface area contributed by atoms with Gasteiger partial charge in [0.05, 0.1) is 12.1 Å². The quantitative estimate of drug-likeness (QED) is 0.712. The van der Waals surface area contributed by atoms with Crippen molar-refractivity contribution in [3.05, 3.63) is 70.9 Å². The SMILES string of the molecule is COc1cc(CN(C)C(=O)c2ccc(-c3ccccc3Cl)o2)ccc1O. The predicted octanol–water partition coefficient (Wildman–Crippen LogP) is 4.59. The Bertz CT molecular complexity index is 935. The van der Waals surface area contributed by atoms with Gasteiger partial charge in [-0.15, -0.1) is 0 Å². The first-order valence-electron chi connectivity index (χ1n) is 7.95. The molecule has 6 heteroatoms. The number of ether oxygens (including phenoxy) is 1. The summed E-state index contributed by atoms with van der Waals surface area (Å²) in [5.41, 5.74) is 1.56. The van der Waals surface area contributed by atoms with Crippen LogP contribution in [-0.4, -0.2) is 30.1 Å². The van der Waals surface area contributed by atoms with Gasteiger partial charge >= 0.3 is 0 Å². The predicted molar refractivity (Wildman–Crippen MR) is 99.6 cm³/mol. The van der Waals surface area contributed by atoms with Crippen molar-refractivity contribution >= 4 is 17.5 Å². The lowest BCUT2D eigenvalue weighted by Crippen LogP contribution is -2.25. The summed E-state index contributed by atoms with van der Waals surface area (Å²) >= 11 is 6.17. The van der Waals surface area contributed by atoms with Crippen LogP contribution in [0, 0.1) is 0 Å². The van der Waals surface area contributed by atoms with Gasteiger partial charge in [-0.25, -0.2) is 0 Å². The molecule has 0 saturated carbocycles. The molecule has 0 saturated heterocycles. The Labute approximate surface area is 156 Å². The Kier molecular flexibility index (Phi) is 5.19. The average molecular weight is 372 g/mol. The van der Waals surface area contributed by atoms with Crippen LogP contribution in [0.15, 0.2) is 59.0 Å². The van der Waals surface area contributed by atoms with Crippen molar-refractivity contribution in [1.82, 2.24) is 4.90 Å². The molecule has 1 aromatic heterocycles. The maximum atomic E-state index is 12.6. The third-order valence-electron chi connectivity index (χ3n) is 3.97. The van der Waals surface area contributed by atoms with E-state index in [-0.39, 0.29) is 17.4 Å². The standard InChI is InChI=1S/C20H18ClNO4/c1-22(12-13-7-8-16(23)19(11-13)25-2)20(24)18-10-9-17(26-18)14-5-3-4-6-15(14)21/h3-11,23H,12H2,1-2H3. The number of hydrogen-bond donors (Lipinski definition) is 1. The molecule has 26 heavy (non-hydrogen) atoms. The number of furan rings is 1. The van der Waals surface area contributed by atoms with E-state index in [1.54, 1.807) is 37.4 Å². The van der Waals surface area contributed by atoms with Crippen LogP contribution in [0.25, 0.3) is 11.3 Å². The van der Waals surface area contributed by atoms with Crippen molar-refractivity contribution < 1.29 is 19.1 Å². The summed E-state index contributed by atoms with van der Waals surface area (Å²) < 4.78 is 10.8. The molecule has 0 spiro atoms. The zero-order chi connectivity index (χ0) is 18.7. The van der Waals surface area contributed by atoms with E-state index in [0.717, 1.165) is 11.1 Å². The van der Waals surface area contributed by atoms with E-state index in [2.05, 4.69) is 0 Å². The highest BCUT2D eigenvalue weighted by atomic mass is 35.5. The molecule has 3 rings (SSSR count). The molecule has 1 amide bonds. The van der Waals surface area contributed by atoms with Gasteiger partial charge in [-0.1, -0.05) is 29.8 Å². The molecule has 1 heterocycles. The van der Waals surface area contributed by atoms with Gasteiger partial charge in [0.25, 0.3) is 5.91 Å². The van der Waals surface area contributed by atoms with E-state index < -0.39 is 0 Å². The number of hydrogen-bond acceptors (Lipinski definition) is 4. The van der Waals surface area contributed by atoms with Crippen molar-refractivity contribution in [2.75, 3.05) is 14.2 Å². The fourth-order valence-electron chi connectivity index (χ4n) is 2.61. The number of carbonyl (C=O) groups is 1. The van der Waals surface area contributed by atoms with Crippen molar-refractivity contribution in [3.8, 4) is 22.8 Å². The molecule has 0 aliphatic carbocycles. The molecule has 0 bridgehead atoms. The van der Waals surface area contributed by atoms with E-state index in [0.29, 0.717) is 23.1 Å². The summed E-state index contributed by atoms with van der Waals surface area (Å²) in [4.78, 5) is 14.1. The highest BCUT2D eigenvalue weighted by Gasteiger charge is 2.18. The van der Waals surface area contributed by atoms with Crippen molar-refractivity contribution in [2.24, 2.45) is 0 Å². The fraction of sp³-hybridized carbons (Fsp3) is 0.150. The first-order chi connectivity index (χ1) is 12.5. The number of phenolic OH excluding ortho intramolecular Hbond substituents is 1. The number of halogens is 1. The van der Waals surface area contributed by atoms with Crippen molar-refractivity contribution in [1.29, 1.82) is 0 Å². The molecule has 2 aromatic carbocycles. The van der Waals surface area contributed by atoms with Gasteiger partial charge < -0.3 is 19.2 Å². The van der Waals surface area contributed by atoms with Gasteiger partial charge in [0.2, 0.25) is 0 Å². The number of phenols is 1. The Morgan fingerprint density at radius 3 is 2.69 bits per heavy atom. The van der Waals surface area contributed by atoms with E-state index in [9.17, 15) is 9.90 Å². The van der Waals surface area contributed by atoms with Crippen LogP contribution in [-0.2, 0) is 6.54 Å². The minimum absolute atomic E-state index is 0.0562. The maximum Gasteiger partial charge on any atom is 0.289 e. The smallest absolute Gasteiger partial charge is 0.289 e. The van der Waals surface area contributed by atoms with Gasteiger partial charge in [0, 0.05) is 19.2 Å². The Balaban J connectivity index is 1.76. The zero-order valence-electron chi connectivity index (χ0n) is 14.4.